The van der Waals surface area contributed by atoms with E-state index in [1.54, 1.807) is 31.6 Å². The summed E-state index contributed by atoms with van der Waals surface area (Å²) in [6.45, 7) is 3.71. The van der Waals surface area contributed by atoms with Gasteiger partial charge in [-0.1, -0.05) is 24.3 Å². The first-order valence-electron chi connectivity index (χ1n) is 8.79. The van der Waals surface area contributed by atoms with Crippen molar-refractivity contribution in [1.29, 1.82) is 0 Å². The third-order valence-corrected chi connectivity index (χ3v) is 5.44. The standard InChI is InChI=1S/C20H23N3O2/c1-25-11-10-23-12-17-15-4-2-3-5-16(15)19(18(17)13-23)22-20(24)14-6-8-21-9-7-14/h2-9,17-19H,10-13H2,1H3,(H,22,24)/t17-,18-,19+/m0/s1. The number of methoxy groups -OCH3 is 1. The number of nitrogens with zero attached hydrogens (tertiary/aromatic N) is 2. The van der Waals surface area contributed by atoms with Crippen molar-refractivity contribution in [2.24, 2.45) is 5.92 Å². The van der Waals surface area contributed by atoms with E-state index in [1.807, 2.05) is 0 Å². The van der Waals surface area contributed by atoms with Crippen LogP contribution >= 0.6 is 0 Å². The van der Waals surface area contributed by atoms with Crippen molar-refractivity contribution in [3.05, 3.63) is 65.5 Å². The molecule has 1 aliphatic carbocycles. The smallest absolute Gasteiger partial charge is 0.251 e. The summed E-state index contributed by atoms with van der Waals surface area (Å²) in [4.78, 5) is 19.1. The number of carbonyl (C=O) groups is 1. The van der Waals surface area contributed by atoms with E-state index < -0.39 is 0 Å². The Balaban J connectivity index is 1.57. The van der Waals surface area contributed by atoms with Gasteiger partial charge in [-0.25, -0.2) is 0 Å². The number of hydrogen-bond acceptors (Lipinski definition) is 4. The van der Waals surface area contributed by atoms with Crippen molar-refractivity contribution >= 4 is 5.91 Å². The van der Waals surface area contributed by atoms with Gasteiger partial charge in [0.15, 0.2) is 0 Å². The molecule has 0 radical (unpaired) electrons. The fraction of sp³-hybridized carbons (Fsp3) is 0.400. The lowest BCUT2D eigenvalue weighted by atomic mass is 9.94. The maximum atomic E-state index is 12.7. The van der Waals surface area contributed by atoms with Crippen LogP contribution in [-0.4, -0.2) is 49.1 Å². The van der Waals surface area contributed by atoms with Crippen molar-refractivity contribution < 1.29 is 9.53 Å². The van der Waals surface area contributed by atoms with Gasteiger partial charge in [0.05, 0.1) is 12.6 Å². The molecule has 2 aliphatic rings. The molecule has 0 spiro atoms. The van der Waals surface area contributed by atoms with E-state index >= 15 is 0 Å². The van der Waals surface area contributed by atoms with Gasteiger partial charge in [0.25, 0.3) is 5.91 Å². The Morgan fingerprint density at radius 1 is 1.20 bits per heavy atom. The highest BCUT2D eigenvalue weighted by atomic mass is 16.5. The van der Waals surface area contributed by atoms with E-state index in [-0.39, 0.29) is 11.9 Å². The zero-order valence-electron chi connectivity index (χ0n) is 14.4. The predicted octanol–water partition coefficient (Wildman–Crippen LogP) is 2.23. The fourth-order valence-corrected chi connectivity index (χ4v) is 4.26. The molecule has 5 nitrogen and oxygen atoms in total. The normalized spacial score (nSPS) is 24.8. The molecule has 1 aliphatic heterocycles. The van der Waals surface area contributed by atoms with Gasteiger partial charge in [-0.2, -0.15) is 0 Å². The summed E-state index contributed by atoms with van der Waals surface area (Å²) in [5.41, 5.74) is 3.31. The average Bonchev–Trinajstić information content (AvgIpc) is 3.19. The van der Waals surface area contributed by atoms with E-state index in [9.17, 15) is 4.79 Å². The Labute approximate surface area is 148 Å². The maximum absolute atomic E-state index is 12.7. The van der Waals surface area contributed by atoms with E-state index in [2.05, 4.69) is 39.5 Å². The maximum Gasteiger partial charge on any atom is 0.251 e. The summed E-state index contributed by atoms with van der Waals surface area (Å²) in [6.07, 6.45) is 3.31. The van der Waals surface area contributed by atoms with Crippen LogP contribution in [-0.2, 0) is 4.74 Å². The number of ether oxygens (including phenoxy) is 1. The summed E-state index contributed by atoms with van der Waals surface area (Å²) in [5, 5.41) is 3.27. The minimum Gasteiger partial charge on any atom is -0.383 e. The van der Waals surface area contributed by atoms with Crippen LogP contribution in [0.1, 0.15) is 33.4 Å². The number of pyridine rings is 1. The summed E-state index contributed by atoms with van der Waals surface area (Å²) in [5.74, 6) is 0.869. The van der Waals surface area contributed by atoms with Gasteiger partial charge in [-0.3, -0.25) is 9.78 Å². The van der Waals surface area contributed by atoms with Gasteiger partial charge in [-0.05, 0) is 23.3 Å². The molecule has 1 aromatic heterocycles. The number of aromatic nitrogens is 1. The van der Waals surface area contributed by atoms with Crippen molar-refractivity contribution in [3.63, 3.8) is 0 Å². The first-order valence-corrected chi connectivity index (χ1v) is 8.79. The number of rotatable bonds is 5. The SMILES string of the molecule is COCCN1C[C@@H]2[C@H](NC(=O)c3ccncc3)c3ccccc3[C@@H]2C1. The van der Waals surface area contributed by atoms with Gasteiger partial charge >= 0.3 is 0 Å². The Kier molecular flexibility index (Phi) is 4.51. The first-order chi connectivity index (χ1) is 12.3. The average molecular weight is 337 g/mol. The lowest BCUT2D eigenvalue weighted by Gasteiger charge is -2.23. The molecule has 1 aromatic carbocycles. The molecule has 0 bridgehead atoms. The highest BCUT2D eigenvalue weighted by Gasteiger charge is 2.46. The number of amides is 1. The molecule has 3 atom stereocenters. The zero-order valence-corrected chi connectivity index (χ0v) is 14.4. The van der Waals surface area contributed by atoms with Crippen LogP contribution < -0.4 is 5.32 Å². The molecule has 5 heteroatoms. The van der Waals surface area contributed by atoms with Crippen molar-refractivity contribution in [2.75, 3.05) is 33.4 Å². The quantitative estimate of drug-likeness (QED) is 0.909. The monoisotopic (exact) mass is 337 g/mol. The summed E-state index contributed by atoms with van der Waals surface area (Å²) >= 11 is 0. The summed E-state index contributed by atoms with van der Waals surface area (Å²) < 4.78 is 5.23. The van der Waals surface area contributed by atoms with Crippen molar-refractivity contribution in [1.82, 2.24) is 15.2 Å². The Bertz CT molecular complexity index is 750. The third kappa shape index (κ3) is 3.05. The van der Waals surface area contributed by atoms with Gasteiger partial charge in [0, 0.05) is 56.5 Å². The molecule has 25 heavy (non-hydrogen) atoms. The first kappa shape index (κ1) is 16.2. The van der Waals surface area contributed by atoms with Crippen molar-refractivity contribution in [2.45, 2.75) is 12.0 Å². The molecule has 1 fully saturated rings. The van der Waals surface area contributed by atoms with Crippen LogP contribution in [0.4, 0.5) is 0 Å². The minimum absolute atomic E-state index is 0.0294. The van der Waals surface area contributed by atoms with E-state index in [4.69, 9.17) is 4.74 Å². The molecule has 0 saturated carbocycles. The molecule has 1 N–H and O–H groups in total. The molecule has 0 unspecified atom stereocenters. The Morgan fingerprint density at radius 3 is 2.72 bits per heavy atom. The third-order valence-electron chi connectivity index (χ3n) is 5.44. The predicted molar refractivity (Wildman–Crippen MR) is 95.4 cm³/mol. The van der Waals surface area contributed by atoms with E-state index in [1.165, 1.54) is 11.1 Å². The van der Waals surface area contributed by atoms with E-state index in [0.717, 1.165) is 26.2 Å². The number of fused-ring (bicyclic) bond motifs is 3. The Hall–Kier alpha value is -2.24. The molecule has 2 heterocycles. The summed E-state index contributed by atoms with van der Waals surface area (Å²) in [7, 11) is 1.74. The Morgan fingerprint density at radius 2 is 1.96 bits per heavy atom. The van der Waals surface area contributed by atoms with Crippen LogP contribution in [0, 0.1) is 5.92 Å². The topological polar surface area (TPSA) is 54.5 Å². The van der Waals surface area contributed by atoms with Gasteiger partial charge in [0.1, 0.15) is 0 Å². The number of hydrogen-bond donors (Lipinski definition) is 1. The minimum atomic E-state index is -0.0294. The summed E-state index contributed by atoms with van der Waals surface area (Å²) in [6, 6.07) is 12.1. The number of nitrogens with one attached hydrogen (secondary N) is 1. The van der Waals surface area contributed by atoms with Gasteiger partial charge < -0.3 is 15.0 Å². The number of likely N-dealkylation sites (tertiary alicyclic amines) is 1. The fourth-order valence-electron chi connectivity index (χ4n) is 4.26. The molecule has 130 valence electrons. The van der Waals surface area contributed by atoms with E-state index in [0.29, 0.717) is 17.4 Å². The molecule has 4 rings (SSSR count). The molecular weight excluding hydrogens is 314 g/mol. The second-order valence-corrected chi connectivity index (χ2v) is 6.84. The largest absolute Gasteiger partial charge is 0.383 e. The molecular formula is C20H23N3O2. The lowest BCUT2D eigenvalue weighted by molar-refractivity contribution is 0.0922. The van der Waals surface area contributed by atoms with Crippen LogP contribution in [0.3, 0.4) is 0 Å². The zero-order chi connectivity index (χ0) is 17.2. The van der Waals surface area contributed by atoms with Crippen LogP contribution in [0.2, 0.25) is 0 Å². The molecule has 1 saturated heterocycles. The van der Waals surface area contributed by atoms with Gasteiger partial charge in [0.2, 0.25) is 0 Å². The highest BCUT2D eigenvalue weighted by Crippen LogP contribution is 2.49. The second-order valence-electron chi connectivity index (χ2n) is 6.84. The number of carbonyl (C=O) groups excluding carboxylic acids is 1. The lowest BCUT2D eigenvalue weighted by Crippen LogP contribution is -2.34. The van der Waals surface area contributed by atoms with Crippen LogP contribution in [0.5, 0.6) is 0 Å². The highest BCUT2D eigenvalue weighted by molar-refractivity contribution is 5.94. The van der Waals surface area contributed by atoms with Gasteiger partial charge in [-0.15, -0.1) is 0 Å². The van der Waals surface area contributed by atoms with Crippen LogP contribution in [0.15, 0.2) is 48.8 Å². The van der Waals surface area contributed by atoms with Crippen molar-refractivity contribution in [3.8, 4) is 0 Å². The number of benzene rings is 1. The molecule has 1 amide bonds. The second kappa shape index (κ2) is 6.94. The van der Waals surface area contributed by atoms with Crippen LogP contribution in [0.25, 0.3) is 0 Å². The molecule has 2 aromatic rings.